The van der Waals surface area contributed by atoms with Gasteiger partial charge in [-0.2, -0.15) is 8.78 Å². The fraction of sp³-hybridized carbons (Fsp3) is 0.667. The van der Waals surface area contributed by atoms with Crippen LogP contribution in [-0.4, -0.2) is 58.4 Å². The molecule has 1 aliphatic heterocycles. The first-order valence-corrected chi connectivity index (χ1v) is 13.6. The lowest BCUT2D eigenvalue weighted by Gasteiger charge is -2.51. The maximum absolute atomic E-state index is 15.8. The number of methoxy groups -OCH3 is 2. The van der Waals surface area contributed by atoms with Gasteiger partial charge in [-0.25, -0.2) is 0 Å². The summed E-state index contributed by atoms with van der Waals surface area (Å²) in [6.45, 7) is 7.76. The van der Waals surface area contributed by atoms with Crippen molar-refractivity contribution in [1.29, 1.82) is 0 Å². The molecule has 4 rings (SSSR count). The van der Waals surface area contributed by atoms with Crippen LogP contribution >= 0.6 is 11.3 Å². The number of benzene rings is 1. The fourth-order valence-corrected chi connectivity index (χ4v) is 7.35. The molecule has 1 saturated heterocycles. The summed E-state index contributed by atoms with van der Waals surface area (Å²) in [5.74, 6) is -3.62. The second kappa shape index (κ2) is 10.2. The molecule has 0 spiro atoms. The molecular weight excluding hydrogens is 516 g/mol. The molecule has 1 atom stereocenters. The molecule has 1 saturated carbocycles. The first-order valence-electron chi connectivity index (χ1n) is 12.8. The van der Waals surface area contributed by atoms with E-state index in [0.29, 0.717) is 46.5 Å². The molecule has 2 fully saturated rings. The standard InChI is InChI=1S/C27H37F2N3O5S/c1-24(2)14-25(3,4)16-26(34,15-24)27(28,29)23(33)32-11-7-8-18(32)22-31-30-21(38-22)13-37-17-9-10-19(35-5)20(12-17)36-6/h9-10,12,18,34H,7-8,11,13-16H2,1-6H3/t18-/m0/s1. The Labute approximate surface area is 226 Å². The zero-order chi connectivity index (χ0) is 27.9. The third-order valence-corrected chi connectivity index (χ3v) is 8.35. The van der Waals surface area contributed by atoms with Crippen molar-refractivity contribution in [3.05, 3.63) is 28.2 Å². The van der Waals surface area contributed by atoms with Crippen LogP contribution in [0, 0.1) is 10.8 Å². The van der Waals surface area contributed by atoms with Crippen molar-refractivity contribution >= 4 is 17.2 Å². The van der Waals surface area contributed by atoms with Gasteiger partial charge in [0.05, 0.1) is 20.3 Å². The van der Waals surface area contributed by atoms with E-state index in [-0.39, 0.29) is 26.0 Å². The Bertz CT molecular complexity index is 1150. The second-order valence-electron chi connectivity index (χ2n) is 12.0. The van der Waals surface area contributed by atoms with Crippen LogP contribution in [0.25, 0.3) is 0 Å². The summed E-state index contributed by atoms with van der Waals surface area (Å²) in [6.07, 6.45) is 1.48. The maximum atomic E-state index is 15.8. The first-order chi connectivity index (χ1) is 17.7. The summed E-state index contributed by atoms with van der Waals surface area (Å²) < 4.78 is 48.0. The van der Waals surface area contributed by atoms with Crippen LogP contribution in [0.3, 0.4) is 0 Å². The summed E-state index contributed by atoms with van der Waals surface area (Å²) in [6, 6.07) is 4.54. The predicted molar refractivity (Wildman–Crippen MR) is 139 cm³/mol. The highest BCUT2D eigenvalue weighted by Gasteiger charge is 2.65. The average molecular weight is 554 g/mol. The molecule has 2 aromatic rings. The summed E-state index contributed by atoms with van der Waals surface area (Å²) in [5, 5.41) is 20.7. The molecule has 1 aromatic carbocycles. The number of likely N-dealkylation sites (tertiary alicyclic amines) is 1. The fourth-order valence-electron chi connectivity index (χ4n) is 6.45. The van der Waals surface area contributed by atoms with Gasteiger partial charge < -0.3 is 24.2 Å². The molecule has 0 radical (unpaired) electrons. The Morgan fingerprint density at radius 1 is 1.11 bits per heavy atom. The zero-order valence-corrected chi connectivity index (χ0v) is 23.7. The number of aromatic nitrogens is 2. The van der Waals surface area contributed by atoms with E-state index < -0.39 is 34.3 Å². The van der Waals surface area contributed by atoms with Gasteiger partial charge in [0.2, 0.25) is 0 Å². The number of rotatable bonds is 8. The Balaban J connectivity index is 1.48. The van der Waals surface area contributed by atoms with Crippen LogP contribution in [0.1, 0.15) is 75.9 Å². The van der Waals surface area contributed by atoms with Crippen molar-refractivity contribution in [2.45, 2.75) is 84.0 Å². The van der Waals surface area contributed by atoms with E-state index in [0.717, 1.165) is 0 Å². The Hall–Kier alpha value is -2.53. The third kappa shape index (κ3) is 5.59. The highest BCUT2D eigenvalue weighted by atomic mass is 32.1. The smallest absolute Gasteiger partial charge is 0.352 e. The minimum absolute atomic E-state index is 0.119. The van der Waals surface area contributed by atoms with Crippen LogP contribution in [0.4, 0.5) is 8.78 Å². The lowest BCUT2D eigenvalue weighted by atomic mass is 9.58. The van der Waals surface area contributed by atoms with E-state index >= 15 is 8.78 Å². The molecule has 1 amide bonds. The highest BCUT2D eigenvalue weighted by molar-refractivity contribution is 7.11. The molecule has 210 valence electrons. The van der Waals surface area contributed by atoms with Crippen molar-refractivity contribution in [3.8, 4) is 17.2 Å². The molecule has 2 heterocycles. The van der Waals surface area contributed by atoms with Crippen LogP contribution in [0.15, 0.2) is 18.2 Å². The van der Waals surface area contributed by atoms with Gasteiger partial charge in [-0.05, 0) is 55.1 Å². The lowest BCUT2D eigenvalue weighted by molar-refractivity contribution is -0.231. The molecule has 0 bridgehead atoms. The number of carbonyl (C=O) groups excluding carboxylic acids is 1. The van der Waals surface area contributed by atoms with E-state index in [1.54, 1.807) is 25.3 Å². The molecular formula is C27H37F2N3O5S. The highest BCUT2D eigenvalue weighted by Crippen LogP contribution is 2.55. The molecule has 1 N–H and O–H groups in total. The largest absolute Gasteiger partial charge is 0.493 e. The number of nitrogens with zero attached hydrogens (tertiary/aromatic N) is 3. The Morgan fingerprint density at radius 2 is 1.76 bits per heavy atom. The monoisotopic (exact) mass is 553 g/mol. The molecule has 1 aromatic heterocycles. The molecule has 2 aliphatic rings. The van der Waals surface area contributed by atoms with E-state index in [2.05, 4.69) is 10.2 Å². The first kappa shape index (κ1) is 28.5. The minimum Gasteiger partial charge on any atom is -0.493 e. The van der Waals surface area contributed by atoms with Crippen molar-refractivity contribution in [2.75, 3.05) is 20.8 Å². The van der Waals surface area contributed by atoms with Crippen molar-refractivity contribution in [3.63, 3.8) is 0 Å². The molecule has 11 heteroatoms. The summed E-state index contributed by atoms with van der Waals surface area (Å²) in [4.78, 5) is 14.5. The summed E-state index contributed by atoms with van der Waals surface area (Å²) >= 11 is 1.23. The van der Waals surface area contributed by atoms with E-state index in [1.807, 2.05) is 27.7 Å². The van der Waals surface area contributed by atoms with Crippen molar-refractivity contribution in [1.82, 2.24) is 15.1 Å². The Morgan fingerprint density at radius 3 is 2.39 bits per heavy atom. The number of carbonyl (C=O) groups is 1. The van der Waals surface area contributed by atoms with Gasteiger partial charge in [0.25, 0.3) is 5.91 Å². The number of aliphatic hydroxyl groups is 1. The maximum Gasteiger partial charge on any atom is 0.352 e. The number of alkyl halides is 2. The van der Waals surface area contributed by atoms with E-state index in [9.17, 15) is 9.90 Å². The van der Waals surface area contributed by atoms with E-state index in [1.165, 1.54) is 23.3 Å². The number of hydrogen-bond acceptors (Lipinski definition) is 8. The molecule has 1 aliphatic carbocycles. The van der Waals surface area contributed by atoms with Gasteiger partial charge in [-0.15, -0.1) is 10.2 Å². The van der Waals surface area contributed by atoms with Crippen molar-refractivity contribution < 1.29 is 32.9 Å². The van der Waals surface area contributed by atoms with Gasteiger partial charge in [0, 0.05) is 12.6 Å². The van der Waals surface area contributed by atoms with Crippen LogP contribution < -0.4 is 14.2 Å². The third-order valence-electron chi connectivity index (χ3n) is 7.35. The predicted octanol–water partition coefficient (Wildman–Crippen LogP) is 5.40. The average Bonchev–Trinajstić information content (AvgIpc) is 3.49. The molecule has 8 nitrogen and oxygen atoms in total. The van der Waals surface area contributed by atoms with E-state index in [4.69, 9.17) is 14.2 Å². The summed E-state index contributed by atoms with van der Waals surface area (Å²) in [5.41, 5.74) is -3.46. The van der Waals surface area contributed by atoms with Gasteiger partial charge in [-0.3, -0.25) is 4.79 Å². The second-order valence-corrected chi connectivity index (χ2v) is 13.1. The Kier molecular flexibility index (Phi) is 7.66. The molecule has 0 unspecified atom stereocenters. The van der Waals surface area contributed by atoms with Gasteiger partial charge >= 0.3 is 5.92 Å². The van der Waals surface area contributed by atoms with Crippen molar-refractivity contribution in [2.24, 2.45) is 10.8 Å². The topological polar surface area (TPSA) is 94.0 Å². The lowest BCUT2D eigenvalue weighted by Crippen LogP contribution is -2.62. The number of halogens is 2. The van der Waals surface area contributed by atoms with Gasteiger partial charge in [-0.1, -0.05) is 39.0 Å². The van der Waals surface area contributed by atoms with Crippen LogP contribution in [0.5, 0.6) is 17.2 Å². The quantitative estimate of drug-likeness (QED) is 0.468. The zero-order valence-electron chi connectivity index (χ0n) is 22.8. The van der Waals surface area contributed by atoms with Crippen LogP contribution in [-0.2, 0) is 11.4 Å². The SMILES string of the molecule is COc1ccc(OCc2nnc([C@@H]3CCCN3C(=O)C(F)(F)C3(O)CC(C)(C)CC(C)(C)C3)s2)cc1OC. The van der Waals surface area contributed by atoms with Crippen LogP contribution in [0.2, 0.25) is 0 Å². The molecule has 38 heavy (non-hydrogen) atoms. The summed E-state index contributed by atoms with van der Waals surface area (Å²) in [7, 11) is 3.08. The number of ether oxygens (including phenoxy) is 3. The van der Waals surface area contributed by atoms with Gasteiger partial charge in [0.15, 0.2) is 16.5 Å². The van der Waals surface area contributed by atoms with Gasteiger partial charge in [0.1, 0.15) is 23.0 Å². The minimum atomic E-state index is -3.92. The normalized spacial score (nSPS) is 22.2. The number of hydrogen-bond donors (Lipinski definition) is 1. The number of amides is 1.